The van der Waals surface area contributed by atoms with E-state index < -0.39 is 20.0 Å². The quantitative estimate of drug-likeness (QED) is 0.210. The first-order chi connectivity index (χ1) is 20.9. The second-order valence-corrected chi connectivity index (χ2v) is 18.2. The summed E-state index contributed by atoms with van der Waals surface area (Å²) in [5.41, 5.74) is 6.21. The van der Waals surface area contributed by atoms with Gasteiger partial charge < -0.3 is 5.73 Å². The number of hydrogen-bond donors (Lipinski definition) is 3. The lowest BCUT2D eigenvalue weighted by Crippen LogP contribution is -2.59. The smallest absolute Gasteiger partial charge is 0.241 e. The summed E-state index contributed by atoms with van der Waals surface area (Å²) in [6, 6.07) is 12.5. The monoisotopic (exact) mass is 638 g/mol. The normalized spacial score (nSPS) is 36.4. The fourth-order valence-electron chi connectivity index (χ4n) is 10.6. The zero-order chi connectivity index (χ0) is 30.7. The van der Waals surface area contributed by atoms with Crippen LogP contribution in [0.15, 0.2) is 63.3 Å². The van der Waals surface area contributed by atoms with E-state index in [2.05, 4.69) is 14.4 Å². The summed E-state index contributed by atoms with van der Waals surface area (Å²) < 4.78 is 57.0. The fraction of sp³-hybridized carbons (Fsp3) is 0.606. The molecule has 11 heteroatoms. The fourth-order valence-corrected chi connectivity index (χ4v) is 13.4. The molecule has 8 bridgehead atoms. The highest BCUT2D eigenvalue weighted by atomic mass is 32.2. The first kappa shape index (κ1) is 30.1. The predicted molar refractivity (Wildman–Crippen MR) is 168 cm³/mol. The van der Waals surface area contributed by atoms with E-state index in [-0.39, 0.29) is 16.0 Å². The number of nitrogens with one attached hydrogen (secondary N) is 2. The van der Waals surface area contributed by atoms with Crippen LogP contribution in [0, 0.1) is 35.5 Å². The Bertz CT molecular complexity index is 1590. The minimum absolute atomic E-state index is 0.186. The van der Waals surface area contributed by atoms with Crippen LogP contribution in [0.3, 0.4) is 0 Å². The summed E-state index contributed by atoms with van der Waals surface area (Å²) in [6.07, 6.45) is 15.2. The van der Waals surface area contributed by atoms with Gasteiger partial charge in [0, 0.05) is 16.8 Å². The number of carbonyl (C=O) groups excluding carboxylic acids is 1. The molecule has 236 valence electrons. The maximum absolute atomic E-state index is 12.8. The number of hydrogen-bond acceptors (Lipinski definition) is 7. The van der Waals surface area contributed by atoms with Crippen LogP contribution < -0.4 is 15.2 Å². The summed E-state index contributed by atoms with van der Waals surface area (Å²) in [6.45, 7) is 0. The molecular weight excluding hydrogens is 597 g/mol. The van der Waals surface area contributed by atoms with Crippen molar-refractivity contribution in [2.45, 2.75) is 97.9 Å². The third-order valence-electron chi connectivity index (χ3n) is 11.3. The van der Waals surface area contributed by atoms with Crippen molar-refractivity contribution in [3.63, 3.8) is 0 Å². The van der Waals surface area contributed by atoms with Crippen LogP contribution in [0.2, 0.25) is 0 Å². The predicted octanol–water partition coefficient (Wildman–Crippen LogP) is 5.42. The minimum atomic E-state index is -3.54. The van der Waals surface area contributed by atoms with Gasteiger partial charge in [0.05, 0.1) is 15.5 Å². The topological polar surface area (TPSA) is 148 Å². The van der Waals surface area contributed by atoms with Crippen LogP contribution in [0.4, 0.5) is 11.4 Å². The molecule has 8 saturated carbocycles. The number of isocyanates is 1. The van der Waals surface area contributed by atoms with Gasteiger partial charge in [-0.3, -0.25) is 0 Å². The molecule has 0 radical (unpaired) electrons. The third-order valence-corrected chi connectivity index (χ3v) is 14.5. The maximum atomic E-state index is 12.8. The van der Waals surface area contributed by atoms with Crippen molar-refractivity contribution < 1.29 is 21.6 Å². The van der Waals surface area contributed by atoms with Gasteiger partial charge in [0.1, 0.15) is 0 Å². The summed E-state index contributed by atoms with van der Waals surface area (Å²) in [5, 5.41) is 0. The minimum Gasteiger partial charge on any atom is -0.399 e. The summed E-state index contributed by atoms with van der Waals surface area (Å²) in [7, 11) is -6.99. The second-order valence-electron chi connectivity index (χ2n) is 14.9. The van der Waals surface area contributed by atoms with Gasteiger partial charge in [-0.2, -0.15) is 4.99 Å². The lowest BCUT2D eigenvalue weighted by molar-refractivity contribution is -0.00835. The molecule has 2 aromatic rings. The Kier molecular flexibility index (Phi) is 7.56. The van der Waals surface area contributed by atoms with Crippen LogP contribution in [-0.4, -0.2) is 34.0 Å². The summed E-state index contributed by atoms with van der Waals surface area (Å²) in [5.74, 6) is 4.25. The van der Waals surface area contributed by atoms with E-state index in [9.17, 15) is 21.6 Å². The highest BCUT2D eigenvalue weighted by molar-refractivity contribution is 7.89. The zero-order valence-corrected chi connectivity index (χ0v) is 26.6. The highest BCUT2D eigenvalue weighted by Gasteiger charge is 2.53. The largest absolute Gasteiger partial charge is 0.399 e. The molecule has 0 aromatic heterocycles. The Balaban J connectivity index is 0.000000143. The van der Waals surface area contributed by atoms with Gasteiger partial charge >= 0.3 is 0 Å². The van der Waals surface area contributed by atoms with E-state index in [1.54, 1.807) is 24.3 Å². The molecular formula is C33H42N4O5S2. The van der Waals surface area contributed by atoms with Crippen LogP contribution in [-0.2, 0) is 24.8 Å². The number of nitrogens with zero attached hydrogens (tertiary/aromatic N) is 1. The number of sulfonamides is 2. The number of anilines is 1. The average molecular weight is 639 g/mol. The molecule has 0 heterocycles. The van der Waals surface area contributed by atoms with Gasteiger partial charge in [-0.15, -0.1) is 0 Å². The van der Waals surface area contributed by atoms with Crippen LogP contribution in [0.1, 0.15) is 77.0 Å². The standard InChI is InChI=1S/C17H20N2O3S.C16H22N2O2S/c20-11-18-15-1-3-16(4-2-15)23(21,22)19-17-8-12-5-13(9-17)7-14(6-12)10-17;17-14-1-3-15(4-2-14)21(19,20)18-16-8-11-5-12(9-16)7-13(6-11)10-16/h1-4,12-14,19H,5-10H2;1-4,11-13,18H,5-10,17H2. The van der Waals surface area contributed by atoms with Crippen molar-refractivity contribution in [1.29, 1.82) is 0 Å². The van der Waals surface area contributed by atoms with Gasteiger partial charge in [0.2, 0.25) is 26.1 Å². The summed E-state index contributed by atoms with van der Waals surface area (Å²) >= 11 is 0. The first-order valence-corrected chi connectivity index (χ1v) is 19.0. The second kappa shape index (κ2) is 11.1. The molecule has 0 amide bonds. The molecule has 10 rings (SSSR count). The van der Waals surface area contributed by atoms with Crippen LogP contribution in [0.25, 0.3) is 0 Å². The molecule has 0 unspecified atom stereocenters. The van der Waals surface area contributed by atoms with Crippen molar-refractivity contribution in [2.75, 3.05) is 5.73 Å². The van der Waals surface area contributed by atoms with Crippen LogP contribution >= 0.6 is 0 Å². The Labute approximate surface area is 260 Å². The SMILES string of the molecule is Nc1ccc(S(=O)(=O)NC23CC4CC(CC(C4)C2)C3)cc1.O=C=Nc1ccc(S(=O)(=O)NC23CC4CC(CC(C4)C2)C3)cc1. The molecule has 4 N–H and O–H groups in total. The van der Waals surface area contributed by atoms with Gasteiger partial charge in [0.25, 0.3) is 0 Å². The Morgan fingerprint density at radius 2 is 0.909 bits per heavy atom. The van der Waals surface area contributed by atoms with Gasteiger partial charge in [-0.1, -0.05) is 0 Å². The summed E-state index contributed by atoms with van der Waals surface area (Å²) in [4.78, 5) is 14.3. The third kappa shape index (κ3) is 6.01. The van der Waals surface area contributed by atoms with E-state index in [1.807, 2.05) is 0 Å². The average Bonchev–Trinajstić information content (AvgIpc) is 2.91. The van der Waals surface area contributed by atoms with E-state index in [4.69, 9.17) is 5.73 Å². The lowest BCUT2D eigenvalue weighted by atomic mass is 9.53. The number of aliphatic imine (C=N–C) groups is 1. The molecule has 44 heavy (non-hydrogen) atoms. The molecule has 0 aliphatic heterocycles. The van der Waals surface area contributed by atoms with Gasteiger partial charge in [-0.05, 0) is 161 Å². The van der Waals surface area contributed by atoms with Gasteiger partial charge in [-0.25, -0.2) is 31.1 Å². The number of benzene rings is 2. The molecule has 0 saturated heterocycles. The Hall–Kier alpha value is -2.56. The number of nitrogens with two attached hydrogens (primary N) is 1. The molecule has 2 aromatic carbocycles. The van der Waals surface area contributed by atoms with Crippen molar-refractivity contribution in [3.05, 3.63) is 48.5 Å². The number of rotatable bonds is 7. The molecule has 8 aliphatic rings. The van der Waals surface area contributed by atoms with Crippen molar-refractivity contribution in [2.24, 2.45) is 40.5 Å². The molecule has 8 fully saturated rings. The van der Waals surface area contributed by atoms with Crippen molar-refractivity contribution in [1.82, 2.24) is 9.44 Å². The Morgan fingerprint density at radius 3 is 1.23 bits per heavy atom. The maximum Gasteiger partial charge on any atom is 0.241 e. The molecule has 0 spiro atoms. The lowest BCUT2D eigenvalue weighted by Gasteiger charge is -2.56. The Morgan fingerprint density at radius 1 is 0.591 bits per heavy atom. The van der Waals surface area contributed by atoms with E-state index in [0.29, 0.717) is 34.0 Å². The zero-order valence-electron chi connectivity index (χ0n) is 25.0. The van der Waals surface area contributed by atoms with Gasteiger partial charge in [0.15, 0.2) is 0 Å². The van der Waals surface area contributed by atoms with E-state index >= 15 is 0 Å². The van der Waals surface area contributed by atoms with Crippen LogP contribution in [0.5, 0.6) is 0 Å². The highest BCUT2D eigenvalue weighted by Crippen LogP contribution is 2.57. The number of nitrogen functional groups attached to an aromatic ring is 1. The van der Waals surface area contributed by atoms with Crippen molar-refractivity contribution in [3.8, 4) is 0 Å². The first-order valence-electron chi connectivity index (χ1n) is 16.0. The van der Waals surface area contributed by atoms with E-state index in [0.717, 1.165) is 56.3 Å². The molecule has 8 aliphatic carbocycles. The van der Waals surface area contributed by atoms with E-state index in [1.165, 1.54) is 68.9 Å². The molecule has 0 atom stereocenters. The van der Waals surface area contributed by atoms with Crippen molar-refractivity contribution >= 4 is 37.5 Å². The molecule has 9 nitrogen and oxygen atoms in total.